The molecule has 8 nitrogen and oxygen atoms in total. The maximum Gasteiger partial charge on any atom is 0.575 e. The molecule has 0 aromatic rings. The standard InChI is InChI=1S/C2H4N4O4/c3-4-1-2(5(7)8)6(9)10/h1,4H,3H2. The lowest BCUT2D eigenvalue weighted by molar-refractivity contribution is -0.616. The molecule has 0 heterocycles. The van der Waals surface area contributed by atoms with Crippen molar-refractivity contribution >= 4 is 0 Å². The molecule has 0 atom stereocenters. The predicted molar refractivity (Wildman–Crippen MR) is 29.4 cm³/mol. The fourth-order valence-corrected chi connectivity index (χ4v) is 0.247. The normalized spacial score (nSPS) is 8.10. The number of nitro groups is 2. The van der Waals surface area contributed by atoms with Crippen LogP contribution >= 0.6 is 0 Å². The first-order chi connectivity index (χ1) is 4.59. The number of nitrogens with two attached hydrogens (primary N) is 1. The average Bonchev–Trinajstić information content (AvgIpc) is 1.81. The summed E-state index contributed by atoms with van der Waals surface area (Å²) in [5, 5.41) is 19.5. The number of nitrogens with one attached hydrogen (secondary N) is 1. The summed E-state index contributed by atoms with van der Waals surface area (Å²) in [7, 11) is 0. The molecule has 0 aromatic heterocycles. The molecule has 0 unspecified atom stereocenters. The third-order valence-electron chi connectivity index (χ3n) is 0.587. The first kappa shape index (κ1) is 8.30. The van der Waals surface area contributed by atoms with E-state index in [0.29, 0.717) is 6.20 Å². The Hall–Kier alpha value is -1.70. The quantitative estimate of drug-likeness (QED) is 0.294. The van der Waals surface area contributed by atoms with Crippen molar-refractivity contribution in [2.75, 3.05) is 0 Å². The van der Waals surface area contributed by atoms with Crippen LogP contribution in [0.2, 0.25) is 0 Å². The van der Waals surface area contributed by atoms with Crippen molar-refractivity contribution in [1.82, 2.24) is 5.43 Å². The van der Waals surface area contributed by atoms with E-state index in [9.17, 15) is 20.2 Å². The second kappa shape index (κ2) is 3.35. The first-order valence-corrected chi connectivity index (χ1v) is 2.04. The second-order valence-corrected chi connectivity index (χ2v) is 1.18. The lowest BCUT2D eigenvalue weighted by Gasteiger charge is -1.85. The Morgan fingerprint density at radius 1 is 1.40 bits per heavy atom. The molecule has 56 valence electrons. The molecular weight excluding hydrogens is 144 g/mol. The largest absolute Gasteiger partial charge is 0.575 e. The molecule has 0 aliphatic heterocycles. The molecule has 0 aliphatic rings. The summed E-state index contributed by atoms with van der Waals surface area (Å²) in [4.78, 5) is 17.2. The molecule has 3 N–H and O–H groups in total. The van der Waals surface area contributed by atoms with E-state index in [4.69, 9.17) is 0 Å². The van der Waals surface area contributed by atoms with Crippen LogP contribution in [0.15, 0.2) is 12.0 Å². The van der Waals surface area contributed by atoms with E-state index in [1.165, 1.54) is 0 Å². The van der Waals surface area contributed by atoms with Crippen LogP contribution in [0.5, 0.6) is 0 Å². The van der Waals surface area contributed by atoms with Crippen LogP contribution in [-0.2, 0) is 0 Å². The van der Waals surface area contributed by atoms with Crippen molar-refractivity contribution in [3.05, 3.63) is 32.2 Å². The van der Waals surface area contributed by atoms with Gasteiger partial charge < -0.3 is 5.43 Å². The van der Waals surface area contributed by atoms with Crippen LogP contribution in [0.3, 0.4) is 0 Å². The summed E-state index contributed by atoms with van der Waals surface area (Å²) in [5.74, 6) is 3.38. The smallest absolute Gasteiger partial charge is 0.319 e. The molecule has 0 rings (SSSR count). The van der Waals surface area contributed by atoms with Crippen molar-refractivity contribution in [3.63, 3.8) is 0 Å². The number of hydrogen-bond acceptors (Lipinski definition) is 6. The number of nitrogens with zero attached hydrogens (tertiary/aromatic N) is 2. The lowest BCUT2D eigenvalue weighted by atomic mass is 10.8. The van der Waals surface area contributed by atoms with Gasteiger partial charge in [-0.25, -0.2) is 0 Å². The van der Waals surface area contributed by atoms with Gasteiger partial charge in [-0.2, -0.15) is 0 Å². The molecule has 0 saturated carbocycles. The van der Waals surface area contributed by atoms with Crippen molar-refractivity contribution < 1.29 is 9.85 Å². The van der Waals surface area contributed by atoms with Crippen molar-refractivity contribution in [3.8, 4) is 0 Å². The van der Waals surface area contributed by atoms with E-state index < -0.39 is 15.7 Å². The Morgan fingerprint density at radius 3 is 1.90 bits per heavy atom. The minimum atomic E-state index is -1.19. The molecule has 0 spiro atoms. The van der Waals surface area contributed by atoms with Gasteiger partial charge in [-0.1, -0.05) is 0 Å². The summed E-state index contributed by atoms with van der Waals surface area (Å²) >= 11 is 0. The zero-order valence-electron chi connectivity index (χ0n) is 4.68. The average molecular weight is 148 g/mol. The van der Waals surface area contributed by atoms with Crippen LogP contribution in [0, 0.1) is 20.2 Å². The highest BCUT2D eigenvalue weighted by atomic mass is 16.7. The Bertz CT molecular complexity index is 170. The molecule has 0 aliphatic carbocycles. The number of rotatable bonds is 3. The SMILES string of the molecule is NNC=C([N+](=O)[O-])[N+](=O)[O-]. The summed E-state index contributed by atoms with van der Waals surface area (Å²) in [5.41, 5.74) is 1.69. The topological polar surface area (TPSA) is 124 Å². The summed E-state index contributed by atoms with van der Waals surface area (Å²) in [6.07, 6.45) is 0.486. The molecule has 0 radical (unpaired) electrons. The first-order valence-electron chi connectivity index (χ1n) is 2.04. The van der Waals surface area contributed by atoms with Gasteiger partial charge in [0.25, 0.3) is 0 Å². The van der Waals surface area contributed by atoms with E-state index in [1.807, 2.05) is 0 Å². The highest BCUT2D eigenvalue weighted by molar-refractivity contribution is 4.75. The van der Waals surface area contributed by atoms with E-state index >= 15 is 0 Å². The molecule has 0 aromatic carbocycles. The van der Waals surface area contributed by atoms with Gasteiger partial charge in [0.15, 0.2) is 6.20 Å². The minimum Gasteiger partial charge on any atom is -0.319 e. The van der Waals surface area contributed by atoms with Gasteiger partial charge in [0.1, 0.15) is 9.85 Å². The van der Waals surface area contributed by atoms with E-state index in [-0.39, 0.29) is 0 Å². The zero-order valence-corrected chi connectivity index (χ0v) is 4.68. The van der Waals surface area contributed by atoms with Crippen LogP contribution in [0.25, 0.3) is 0 Å². The monoisotopic (exact) mass is 148 g/mol. The number of hydrogen-bond donors (Lipinski definition) is 2. The van der Waals surface area contributed by atoms with Gasteiger partial charge >= 0.3 is 5.82 Å². The van der Waals surface area contributed by atoms with Crippen molar-refractivity contribution in [2.24, 2.45) is 5.84 Å². The maximum atomic E-state index is 9.73. The predicted octanol–water partition coefficient (Wildman–Crippen LogP) is -1.20. The fourth-order valence-electron chi connectivity index (χ4n) is 0.247. The molecule has 0 amide bonds. The minimum absolute atomic E-state index is 0.486. The van der Waals surface area contributed by atoms with Crippen molar-refractivity contribution in [1.29, 1.82) is 0 Å². The zero-order chi connectivity index (χ0) is 8.15. The summed E-state index contributed by atoms with van der Waals surface area (Å²) < 4.78 is 0. The van der Waals surface area contributed by atoms with Gasteiger partial charge in [0, 0.05) is 0 Å². The molecule has 0 bridgehead atoms. The molecule has 0 saturated heterocycles. The van der Waals surface area contributed by atoms with Crippen LogP contribution in [0.4, 0.5) is 0 Å². The van der Waals surface area contributed by atoms with E-state index in [0.717, 1.165) is 0 Å². The van der Waals surface area contributed by atoms with Crippen LogP contribution in [0.1, 0.15) is 0 Å². The lowest BCUT2D eigenvalue weighted by Crippen LogP contribution is -2.19. The molecule has 8 heteroatoms. The van der Waals surface area contributed by atoms with Gasteiger partial charge in [0.05, 0.1) is 0 Å². The highest BCUT2D eigenvalue weighted by Gasteiger charge is 2.23. The molecular formula is C2H4N4O4. The molecule has 10 heavy (non-hydrogen) atoms. The number of hydrazine groups is 1. The fraction of sp³-hybridized carbons (Fsp3) is 0. The summed E-state index contributed by atoms with van der Waals surface area (Å²) in [6, 6.07) is 0. The Morgan fingerprint density at radius 2 is 1.80 bits per heavy atom. The Balaban J connectivity index is 4.42. The van der Waals surface area contributed by atoms with Gasteiger partial charge in [-0.3, -0.25) is 26.1 Å². The summed E-state index contributed by atoms with van der Waals surface area (Å²) in [6.45, 7) is 0. The Labute approximate surface area is 54.6 Å². The van der Waals surface area contributed by atoms with E-state index in [1.54, 1.807) is 5.43 Å². The third kappa shape index (κ3) is 2.05. The van der Waals surface area contributed by atoms with Crippen molar-refractivity contribution in [2.45, 2.75) is 0 Å². The van der Waals surface area contributed by atoms with E-state index in [2.05, 4.69) is 5.84 Å². The van der Waals surface area contributed by atoms with Gasteiger partial charge in [-0.05, 0) is 0 Å². The molecule has 0 fully saturated rings. The third-order valence-corrected chi connectivity index (χ3v) is 0.587. The Kier molecular flexibility index (Phi) is 2.78. The van der Waals surface area contributed by atoms with Crippen LogP contribution < -0.4 is 11.3 Å². The van der Waals surface area contributed by atoms with Gasteiger partial charge in [0.2, 0.25) is 0 Å². The highest BCUT2D eigenvalue weighted by Crippen LogP contribution is 1.92. The second-order valence-electron chi connectivity index (χ2n) is 1.18. The maximum absolute atomic E-state index is 9.73. The van der Waals surface area contributed by atoms with Crippen LogP contribution in [-0.4, -0.2) is 9.85 Å². The van der Waals surface area contributed by atoms with Gasteiger partial charge in [-0.15, -0.1) is 0 Å².